The zero-order valence-electron chi connectivity index (χ0n) is 16.4. The van der Waals surface area contributed by atoms with E-state index in [1.807, 2.05) is 0 Å². The molecule has 3 heteroatoms. The summed E-state index contributed by atoms with van der Waals surface area (Å²) in [4.78, 5) is 12.8. The minimum absolute atomic E-state index is 0.0102. The molecule has 0 radical (unpaired) electrons. The number of rotatable bonds is 2. The second-order valence-corrected chi connectivity index (χ2v) is 10.5. The SMILES string of the molecule is CC(C)(C)C1C2CC(C(=O)OC3CCCCO3)C(C2)C1C(C)(C)C. The van der Waals surface area contributed by atoms with Crippen LogP contribution < -0.4 is 0 Å². The Balaban J connectivity index is 1.73. The van der Waals surface area contributed by atoms with Crippen molar-refractivity contribution >= 4 is 5.97 Å². The summed E-state index contributed by atoms with van der Waals surface area (Å²) in [5.74, 6) is 2.55. The molecule has 6 atom stereocenters. The van der Waals surface area contributed by atoms with E-state index in [9.17, 15) is 4.79 Å². The first kappa shape index (κ1) is 18.2. The summed E-state index contributed by atoms with van der Waals surface area (Å²) < 4.78 is 11.4. The van der Waals surface area contributed by atoms with Gasteiger partial charge in [-0.25, -0.2) is 0 Å². The second kappa shape index (κ2) is 6.30. The number of esters is 1. The lowest BCUT2D eigenvalue weighted by atomic mass is 9.57. The smallest absolute Gasteiger partial charge is 0.311 e. The minimum atomic E-state index is -0.295. The maximum atomic E-state index is 12.8. The van der Waals surface area contributed by atoms with E-state index >= 15 is 0 Å². The molecule has 0 aromatic carbocycles. The molecule has 3 rings (SSSR count). The highest BCUT2D eigenvalue weighted by molar-refractivity contribution is 5.73. The predicted octanol–water partition coefficient (Wildman–Crippen LogP) is 5.04. The van der Waals surface area contributed by atoms with Crippen LogP contribution in [0.4, 0.5) is 0 Å². The Morgan fingerprint density at radius 3 is 2.17 bits per heavy atom. The minimum Gasteiger partial charge on any atom is -0.436 e. The van der Waals surface area contributed by atoms with Gasteiger partial charge in [-0.1, -0.05) is 41.5 Å². The molecule has 0 amide bonds. The average Bonchev–Trinajstić information content (AvgIpc) is 3.04. The summed E-state index contributed by atoms with van der Waals surface area (Å²) in [5.41, 5.74) is 0.538. The lowest BCUT2D eigenvalue weighted by Gasteiger charge is -2.48. The zero-order chi connectivity index (χ0) is 17.7. The molecule has 24 heavy (non-hydrogen) atoms. The molecule has 138 valence electrons. The van der Waals surface area contributed by atoms with Gasteiger partial charge in [0.15, 0.2) is 0 Å². The Morgan fingerprint density at radius 2 is 1.62 bits per heavy atom. The van der Waals surface area contributed by atoms with Gasteiger partial charge in [0.25, 0.3) is 0 Å². The van der Waals surface area contributed by atoms with Gasteiger partial charge in [0, 0.05) is 6.42 Å². The highest BCUT2D eigenvalue weighted by Crippen LogP contribution is 2.64. The lowest BCUT2D eigenvalue weighted by molar-refractivity contribution is -0.194. The van der Waals surface area contributed by atoms with Crippen molar-refractivity contribution in [3.8, 4) is 0 Å². The quantitative estimate of drug-likeness (QED) is 0.663. The fraction of sp³-hybridized carbons (Fsp3) is 0.952. The molecule has 1 heterocycles. The molecule has 0 N–H and O–H groups in total. The summed E-state index contributed by atoms with van der Waals surface area (Å²) in [7, 11) is 0. The average molecular weight is 337 g/mol. The first-order valence-electron chi connectivity index (χ1n) is 9.91. The Bertz CT molecular complexity index is 464. The fourth-order valence-electron chi connectivity index (χ4n) is 6.08. The van der Waals surface area contributed by atoms with Gasteiger partial charge in [-0.05, 0) is 60.2 Å². The Morgan fingerprint density at radius 1 is 0.958 bits per heavy atom. The third-order valence-corrected chi connectivity index (χ3v) is 6.69. The number of ether oxygens (including phenoxy) is 2. The van der Waals surface area contributed by atoms with Crippen molar-refractivity contribution in [2.75, 3.05) is 6.61 Å². The van der Waals surface area contributed by atoms with Crippen LogP contribution in [0.3, 0.4) is 0 Å². The van der Waals surface area contributed by atoms with Gasteiger partial charge in [0.2, 0.25) is 6.29 Å². The molecule has 2 saturated carbocycles. The number of hydrogen-bond acceptors (Lipinski definition) is 3. The van der Waals surface area contributed by atoms with Crippen molar-refractivity contribution < 1.29 is 14.3 Å². The topological polar surface area (TPSA) is 35.5 Å². The molecular formula is C21H36O3. The Hall–Kier alpha value is -0.570. The molecule has 3 aliphatic rings. The lowest BCUT2D eigenvalue weighted by Crippen LogP contribution is -2.45. The molecule has 3 nitrogen and oxygen atoms in total. The molecular weight excluding hydrogens is 300 g/mol. The summed E-state index contributed by atoms with van der Waals surface area (Å²) >= 11 is 0. The van der Waals surface area contributed by atoms with Gasteiger partial charge < -0.3 is 9.47 Å². The second-order valence-electron chi connectivity index (χ2n) is 10.5. The maximum absolute atomic E-state index is 12.8. The highest BCUT2D eigenvalue weighted by Gasteiger charge is 2.60. The zero-order valence-corrected chi connectivity index (χ0v) is 16.4. The van der Waals surface area contributed by atoms with E-state index in [2.05, 4.69) is 41.5 Å². The van der Waals surface area contributed by atoms with E-state index in [4.69, 9.17) is 9.47 Å². The molecule has 3 fully saturated rings. The largest absolute Gasteiger partial charge is 0.436 e. The van der Waals surface area contributed by atoms with Crippen molar-refractivity contribution in [1.29, 1.82) is 0 Å². The normalized spacial score (nSPS) is 39.9. The fourth-order valence-corrected chi connectivity index (χ4v) is 6.08. The van der Waals surface area contributed by atoms with Gasteiger partial charge in [-0.15, -0.1) is 0 Å². The molecule has 0 aromatic rings. The van der Waals surface area contributed by atoms with E-state index < -0.39 is 0 Å². The molecule has 0 aromatic heterocycles. The van der Waals surface area contributed by atoms with Crippen LogP contribution in [0.1, 0.15) is 73.6 Å². The van der Waals surface area contributed by atoms with Crippen molar-refractivity contribution in [2.45, 2.75) is 79.9 Å². The van der Waals surface area contributed by atoms with Crippen LogP contribution >= 0.6 is 0 Å². The Kier molecular flexibility index (Phi) is 4.79. The van der Waals surface area contributed by atoms with Gasteiger partial charge in [0.1, 0.15) is 0 Å². The van der Waals surface area contributed by atoms with Crippen LogP contribution in [0.5, 0.6) is 0 Å². The maximum Gasteiger partial charge on any atom is 0.311 e. The van der Waals surface area contributed by atoms with Crippen molar-refractivity contribution in [2.24, 2.45) is 40.4 Å². The van der Waals surface area contributed by atoms with Crippen LogP contribution in [0, 0.1) is 40.4 Å². The van der Waals surface area contributed by atoms with Crippen molar-refractivity contribution in [3.63, 3.8) is 0 Å². The van der Waals surface area contributed by atoms with Gasteiger partial charge in [-0.2, -0.15) is 0 Å². The highest BCUT2D eigenvalue weighted by atomic mass is 16.7. The molecule has 2 aliphatic carbocycles. The number of carbonyl (C=O) groups is 1. The monoisotopic (exact) mass is 336 g/mol. The molecule has 1 aliphatic heterocycles. The van der Waals surface area contributed by atoms with Crippen LogP contribution in [0.2, 0.25) is 0 Å². The van der Waals surface area contributed by atoms with Gasteiger partial charge in [-0.3, -0.25) is 4.79 Å². The van der Waals surface area contributed by atoms with Crippen molar-refractivity contribution in [1.82, 2.24) is 0 Å². The molecule has 0 spiro atoms. The predicted molar refractivity (Wildman–Crippen MR) is 95.3 cm³/mol. The first-order chi connectivity index (χ1) is 11.1. The number of hydrogen-bond donors (Lipinski definition) is 0. The summed E-state index contributed by atoms with van der Waals surface area (Å²) in [6.45, 7) is 14.9. The number of fused-ring (bicyclic) bond motifs is 2. The van der Waals surface area contributed by atoms with E-state index in [1.165, 1.54) is 6.42 Å². The van der Waals surface area contributed by atoms with E-state index in [0.29, 0.717) is 29.1 Å². The van der Waals surface area contributed by atoms with E-state index in [1.54, 1.807) is 0 Å². The first-order valence-corrected chi connectivity index (χ1v) is 9.91. The summed E-state index contributed by atoms with van der Waals surface area (Å²) in [6.07, 6.45) is 4.98. The van der Waals surface area contributed by atoms with Gasteiger partial charge >= 0.3 is 5.97 Å². The third-order valence-electron chi connectivity index (χ3n) is 6.69. The van der Waals surface area contributed by atoms with Crippen LogP contribution in [0.15, 0.2) is 0 Å². The number of carbonyl (C=O) groups excluding carboxylic acids is 1. The van der Waals surface area contributed by atoms with E-state index in [-0.39, 0.29) is 23.6 Å². The molecule has 6 unspecified atom stereocenters. The van der Waals surface area contributed by atoms with Crippen LogP contribution in [-0.4, -0.2) is 18.9 Å². The molecule has 1 saturated heterocycles. The van der Waals surface area contributed by atoms with Crippen LogP contribution in [0.25, 0.3) is 0 Å². The van der Waals surface area contributed by atoms with Crippen LogP contribution in [-0.2, 0) is 14.3 Å². The van der Waals surface area contributed by atoms with Crippen molar-refractivity contribution in [3.05, 3.63) is 0 Å². The standard InChI is InChI=1S/C21H36O3/c1-20(2,3)17-13-11-14(18(17)21(4,5)6)15(12-13)19(22)24-16-9-7-8-10-23-16/h13-18H,7-12H2,1-6H3. The molecule has 2 bridgehead atoms. The van der Waals surface area contributed by atoms with Gasteiger partial charge in [0.05, 0.1) is 12.5 Å². The Labute approximate surface area is 147 Å². The van der Waals surface area contributed by atoms with E-state index in [0.717, 1.165) is 32.3 Å². The summed E-state index contributed by atoms with van der Waals surface area (Å²) in [5, 5.41) is 0. The summed E-state index contributed by atoms with van der Waals surface area (Å²) in [6, 6.07) is 0. The third kappa shape index (κ3) is 3.38.